The van der Waals surface area contributed by atoms with Crippen molar-refractivity contribution >= 4 is 23.6 Å². The van der Waals surface area contributed by atoms with Crippen LogP contribution in [0.15, 0.2) is 5.11 Å². The first-order valence-electron chi connectivity index (χ1n) is 19.5. The second-order valence-corrected chi connectivity index (χ2v) is 14.9. The molecule has 0 bridgehead atoms. The highest BCUT2D eigenvalue weighted by atomic mass is 16.8. The Bertz CT molecular complexity index is 1550. The van der Waals surface area contributed by atoms with E-state index in [2.05, 4.69) is 31.3 Å². The predicted octanol–water partition coefficient (Wildman–Crippen LogP) is -7.84. The molecule has 0 saturated carbocycles. The molecule has 0 aliphatic carbocycles. The number of carbonyl (C=O) groups is 4. The Balaban J connectivity index is 1.66. The molecule has 0 radical (unpaired) electrons. The Morgan fingerprint density at radius 2 is 0.871 bits per heavy atom. The topological polar surface area (TPSA) is 421 Å². The van der Waals surface area contributed by atoms with Crippen LogP contribution in [0.5, 0.6) is 0 Å². The van der Waals surface area contributed by atoms with Crippen molar-refractivity contribution in [3.63, 3.8) is 0 Å². The van der Waals surface area contributed by atoms with Crippen molar-refractivity contribution in [2.45, 2.75) is 150 Å². The second-order valence-electron chi connectivity index (χ2n) is 14.9. The fraction of sp³-hybridized carbons (Fsp3) is 0.882. The van der Waals surface area contributed by atoms with Crippen molar-refractivity contribution in [2.75, 3.05) is 39.6 Å². The summed E-state index contributed by atoms with van der Waals surface area (Å²) in [4.78, 5) is 52.0. The molecule has 62 heavy (non-hydrogen) atoms. The molecule has 0 aromatic rings. The van der Waals surface area contributed by atoms with Gasteiger partial charge in [-0.15, -0.1) is 0 Å². The molecule has 4 fully saturated rings. The second kappa shape index (κ2) is 23.4. The van der Waals surface area contributed by atoms with Crippen LogP contribution in [0, 0.1) is 0 Å². The minimum Gasteiger partial charge on any atom is -0.394 e. The lowest BCUT2D eigenvalue weighted by Gasteiger charge is -2.51. The molecule has 4 rings (SSSR count). The molecule has 4 amide bonds. The zero-order valence-corrected chi connectivity index (χ0v) is 34.1. The van der Waals surface area contributed by atoms with Gasteiger partial charge < -0.3 is 105 Å². The molecule has 8 unspecified atom stereocenters. The monoisotopic (exact) mass is 899 g/mol. The van der Waals surface area contributed by atoms with Crippen LogP contribution in [-0.2, 0) is 57.1 Å². The Morgan fingerprint density at radius 1 is 0.516 bits per heavy atom. The van der Waals surface area contributed by atoms with Gasteiger partial charge in [-0.3, -0.25) is 19.2 Å². The van der Waals surface area contributed by atoms with Crippen LogP contribution < -0.4 is 21.3 Å². The summed E-state index contributed by atoms with van der Waals surface area (Å²) in [6.07, 6.45) is -26.9. The van der Waals surface area contributed by atoms with Crippen molar-refractivity contribution in [2.24, 2.45) is 5.11 Å². The van der Waals surface area contributed by atoms with Gasteiger partial charge in [0, 0.05) is 39.2 Å². The third-order valence-corrected chi connectivity index (χ3v) is 10.3. The van der Waals surface area contributed by atoms with E-state index in [0.29, 0.717) is 0 Å². The zero-order valence-electron chi connectivity index (χ0n) is 34.1. The summed E-state index contributed by atoms with van der Waals surface area (Å²) < 4.78 is 47.1. The van der Waals surface area contributed by atoms with Gasteiger partial charge in [0.2, 0.25) is 23.6 Å². The molecular formula is C34H57N7O21. The number of rotatable bonds is 18. The number of aliphatic hydroxyl groups is 9. The van der Waals surface area contributed by atoms with Gasteiger partial charge in [-0.25, -0.2) is 0 Å². The third-order valence-electron chi connectivity index (χ3n) is 10.3. The van der Waals surface area contributed by atoms with Crippen molar-refractivity contribution < 1.29 is 103 Å². The SMILES string of the molecule is CC(=O)N[C@H]1C(O)[C@@H](O)C(CO)O[C@H]1O[C@@H]1C(CO)O[C@@H](OC2[C@@H](O)C(CO)O[C@@H](O[C@@H]3C(CO)O[C@@H](OCCN=[N+]=[N-])[C@@H](NC(C)=O)C3O)[C@H]2NC(C)=O)[C@@H](NC(C)=O)C1O. The number of ether oxygens (including phenoxy) is 8. The summed E-state index contributed by atoms with van der Waals surface area (Å²) in [6, 6.07) is -6.15. The molecular weight excluding hydrogens is 842 g/mol. The van der Waals surface area contributed by atoms with Crippen molar-refractivity contribution in [1.29, 1.82) is 0 Å². The normalized spacial score (nSPS) is 41.0. The smallest absolute Gasteiger partial charge is 0.217 e. The average Bonchev–Trinajstić information content (AvgIpc) is 3.21. The van der Waals surface area contributed by atoms with Gasteiger partial charge >= 0.3 is 0 Å². The van der Waals surface area contributed by atoms with Gasteiger partial charge in [0.15, 0.2) is 25.2 Å². The van der Waals surface area contributed by atoms with E-state index in [1.165, 1.54) is 0 Å². The molecule has 0 aromatic heterocycles. The maximum absolute atomic E-state index is 12.7. The summed E-state index contributed by atoms with van der Waals surface area (Å²) in [5.41, 5.74) is 8.59. The van der Waals surface area contributed by atoms with Gasteiger partial charge in [-0.05, 0) is 5.53 Å². The molecule has 0 spiro atoms. The maximum Gasteiger partial charge on any atom is 0.217 e. The first-order valence-corrected chi connectivity index (χ1v) is 19.5. The Kier molecular flexibility index (Phi) is 19.3. The molecule has 4 aliphatic rings. The Morgan fingerprint density at radius 3 is 1.31 bits per heavy atom. The number of azide groups is 1. The lowest BCUT2D eigenvalue weighted by molar-refractivity contribution is -0.361. The molecule has 354 valence electrons. The number of amides is 4. The van der Waals surface area contributed by atoms with Crippen LogP contribution in [0.4, 0.5) is 0 Å². The third kappa shape index (κ3) is 12.4. The van der Waals surface area contributed by atoms with E-state index in [0.717, 1.165) is 27.7 Å². The number of hydrogen-bond donors (Lipinski definition) is 13. The quantitative estimate of drug-likeness (QED) is 0.0263. The van der Waals surface area contributed by atoms with Crippen LogP contribution >= 0.6 is 0 Å². The predicted molar refractivity (Wildman–Crippen MR) is 198 cm³/mol. The summed E-state index contributed by atoms with van der Waals surface area (Å²) in [6.45, 7) is 0.475. The molecule has 0 aromatic carbocycles. The van der Waals surface area contributed by atoms with E-state index in [9.17, 15) is 65.1 Å². The zero-order chi connectivity index (χ0) is 46.0. The minimum atomic E-state index is -1.92. The standard InChI is InChI=1S/C34H57N7O21/c1-11(46)37-19-25(52)23(50)15(7-42)56-32(19)60-29-18(10-45)59-33(21(27(29)54)39-13(3)48)62-30-22(40-14(4)49)34(57-16(8-43)24(30)51)61-28-17(9-44)58-31(55-6-5-36-41-35)20(26(28)53)38-12(2)47/h15-34,42-45,50-54H,5-10H2,1-4H3,(H,37,46)(H,38,47)(H,39,48)(H,40,49)/t15?,16?,17?,18?,19-,20-,21-,22-,23-,24-,25?,26?,27?,28+,29+,30?,31+,32-,33-,34-/m0/s1. The summed E-state index contributed by atoms with van der Waals surface area (Å²) in [5, 5.41) is 110. The van der Waals surface area contributed by atoms with Gasteiger partial charge in [0.05, 0.1) is 33.0 Å². The largest absolute Gasteiger partial charge is 0.394 e. The van der Waals surface area contributed by atoms with Gasteiger partial charge in [-0.2, -0.15) is 0 Å². The number of carbonyl (C=O) groups excluding carboxylic acids is 4. The van der Waals surface area contributed by atoms with Crippen LogP contribution in [0.25, 0.3) is 10.4 Å². The van der Waals surface area contributed by atoms with Crippen LogP contribution in [-0.4, -0.2) is 232 Å². The van der Waals surface area contributed by atoms with E-state index in [1.807, 2.05) is 0 Å². The fourth-order valence-corrected chi connectivity index (χ4v) is 7.55. The van der Waals surface area contributed by atoms with E-state index >= 15 is 0 Å². The molecule has 28 heteroatoms. The van der Waals surface area contributed by atoms with Crippen LogP contribution in [0.3, 0.4) is 0 Å². The molecule has 4 aliphatic heterocycles. The first-order chi connectivity index (χ1) is 29.4. The van der Waals surface area contributed by atoms with Crippen molar-refractivity contribution in [3.8, 4) is 0 Å². The lowest BCUT2D eigenvalue weighted by Crippen LogP contribution is -2.72. The van der Waals surface area contributed by atoms with Crippen molar-refractivity contribution in [3.05, 3.63) is 10.4 Å². The van der Waals surface area contributed by atoms with Gasteiger partial charge in [0.1, 0.15) is 97.4 Å². The highest BCUT2D eigenvalue weighted by Gasteiger charge is 2.56. The van der Waals surface area contributed by atoms with Gasteiger partial charge in [-0.1, -0.05) is 5.11 Å². The summed E-state index contributed by atoms with van der Waals surface area (Å²) >= 11 is 0. The molecule has 4 heterocycles. The van der Waals surface area contributed by atoms with E-state index in [4.69, 9.17) is 43.4 Å². The number of nitrogens with one attached hydrogen (secondary N) is 4. The van der Waals surface area contributed by atoms with E-state index in [-0.39, 0.29) is 13.2 Å². The van der Waals surface area contributed by atoms with Crippen molar-refractivity contribution in [1.82, 2.24) is 21.3 Å². The van der Waals surface area contributed by atoms with Gasteiger partial charge in [0.25, 0.3) is 0 Å². The Hall–Kier alpha value is -3.49. The van der Waals surface area contributed by atoms with E-state index < -0.39 is 173 Å². The number of nitrogens with zero attached hydrogens (tertiary/aromatic N) is 3. The van der Waals surface area contributed by atoms with E-state index in [1.54, 1.807) is 0 Å². The highest BCUT2D eigenvalue weighted by molar-refractivity contribution is 5.74. The summed E-state index contributed by atoms with van der Waals surface area (Å²) in [7, 11) is 0. The average molecular weight is 900 g/mol. The Labute approximate surface area is 353 Å². The molecule has 20 atom stereocenters. The molecule has 4 saturated heterocycles. The molecule has 13 N–H and O–H groups in total. The first kappa shape index (κ1) is 51.1. The van der Waals surface area contributed by atoms with Crippen LogP contribution in [0.2, 0.25) is 0 Å². The maximum atomic E-state index is 12.7. The number of hydrogen-bond acceptors (Lipinski definition) is 22. The highest BCUT2D eigenvalue weighted by Crippen LogP contribution is 2.35. The summed E-state index contributed by atoms with van der Waals surface area (Å²) in [5.74, 6) is -2.88. The lowest BCUT2D eigenvalue weighted by atomic mass is 9.93. The fourth-order valence-electron chi connectivity index (χ4n) is 7.55. The van der Waals surface area contributed by atoms with Crippen LogP contribution in [0.1, 0.15) is 27.7 Å². The number of aliphatic hydroxyl groups excluding tert-OH is 9. The molecule has 28 nitrogen and oxygen atoms in total. The minimum absolute atomic E-state index is 0.158.